The Morgan fingerprint density at radius 2 is 1.88 bits per heavy atom. The zero-order valence-corrected chi connectivity index (χ0v) is 19.4. The van der Waals surface area contributed by atoms with Crippen LogP contribution in [-0.2, 0) is 9.68 Å². The number of oxime groups is 1. The van der Waals surface area contributed by atoms with Gasteiger partial charge in [-0.15, -0.1) is 5.48 Å². The Labute approximate surface area is 193 Å². The molecule has 0 radical (unpaired) electrons. The molecule has 0 bridgehead atoms. The minimum atomic E-state index is -0.154. The number of hydrazine groups is 1. The molecule has 0 amide bonds. The van der Waals surface area contributed by atoms with E-state index in [1.807, 2.05) is 6.92 Å². The Morgan fingerprint density at radius 3 is 2.61 bits per heavy atom. The molecule has 5 atom stereocenters. The SMILES string of the molecule is CC1=NON[C@@H]1N1CCN([C@@H]2CC([C@@H]3NN[C@@H]4CC(F)=C(OC5(C)CC5)C[C@@H]43)=NCN2)CC1. The van der Waals surface area contributed by atoms with Gasteiger partial charge in [0.2, 0.25) is 0 Å². The molecule has 182 valence electrons. The highest BCUT2D eigenvalue weighted by molar-refractivity contribution is 5.91. The Kier molecular flexibility index (Phi) is 5.66. The first-order chi connectivity index (χ1) is 16.0. The fourth-order valence-electron chi connectivity index (χ4n) is 5.74. The average Bonchev–Trinajstić information content (AvgIpc) is 3.19. The van der Waals surface area contributed by atoms with Crippen LogP contribution in [0.3, 0.4) is 0 Å². The molecular formula is C22H35FN8O2. The normalized spacial score (nSPS) is 39.1. The molecule has 0 aromatic heterocycles. The highest BCUT2D eigenvalue weighted by Gasteiger charge is 2.47. The summed E-state index contributed by atoms with van der Waals surface area (Å²) in [6.45, 7) is 8.54. The van der Waals surface area contributed by atoms with Gasteiger partial charge in [0.1, 0.15) is 23.4 Å². The predicted molar refractivity (Wildman–Crippen MR) is 122 cm³/mol. The summed E-state index contributed by atoms with van der Waals surface area (Å²) in [5, 5.41) is 7.57. The number of nitrogens with zero attached hydrogens (tertiary/aromatic N) is 4. The predicted octanol–water partition coefficient (Wildman–Crippen LogP) is 0.564. The number of halogens is 1. The van der Waals surface area contributed by atoms with E-state index >= 15 is 0 Å². The molecule has 6 rings (SSSR count). The monoisotopic (exact) mass is 462 g/mol. The van der Waals surface area contributed by atoms with Crippen LogP contribution in [-0.4, -0.2) is 84.1 Å². The van der Waals surface area contributed by atoms with Crippen molar-refractivity contribution in [2.45, 2.75) is 76.0 Å². The van der Waals surface area contributed by atoms with Crippen molar-refractivity contribution < 1.29 is 14.1 Å². The number of hydrogen-bond donors (Lipinski definition) is 4. The van der Waals surface area contributed by atoms with E-state index in [-0.39, 0.29) is 41.8 Å². The topological polar surface area (TPSA) is 97.8 Å². The minimum absolute atomic E-state index is 0.0725. The second-order valence-electron chi connectivity index (χ2n) is 10.5. The van der Waals surface area contributed by atoms with Crippen molar-refractivity contribution in [1.29, 1.82) is 0 Å². The first kappa shape index (κ1) is 21.9. The van der Waals surface area contributed by atoms with Gasteiger partial charge in [0.25, 0.3) is 0 Å². The second kappa shape index (κ2) is 8.54. The zero-order chi connectivity index (χ0) is 22.6. The van der Waals surface area contributed by atoms with Gasteiger partial charge in [-0.1, -0.05) is 5.16 Å². The van der Waals surface area contributed by atoms with Gasteiger partial charge in [0, 0.05) is 63.1 Å². The summed E-state index contributed by atoms with van der Waals surface area (Å²) >= 11 is 0. The second-order valence-corrected chi connectivity index (χ2v) is 10.5. The van der Waals surface area contributed by atoms with E-state index in [1.54, 1.807) is 0 Å². The van der Waals surface area contributed by atoms with Crippen molar-refractivity contribution in [3.8, 4) is 0 Å². The summed E-state index contributed by atoms with van der Waals surface area (Å²) in [5.41, 5.74) is 11.8. The number of allylic oxidation sites excluding steroid dienone is 1. The summed E-state index contributed by atoms with van der Waals surface area (Å²) in [7, 11) is 0. The van der Waals surface area contributed by atoms with E-state index in [1.165, 1.54) is 5.71 Å². The molecule has 33 heavy (non-hydrogen) atoms. The number of hydrogen-bond acceptors (Lipinski definition) is 10. The lowest BCUT2D eigenvalue weighted by molar-refractivity contribution is -0.00256. The molecule has 0 spiro atoms. The minimum Gasteiger partial charge on any atom is -0.489 e. The molecule has 2 saturated heterocycles. The van der Waals surface area contributed by atoms with Crippen molar-refractivity contribution in [1.82, 2.24) is 31.4 Å². The van der Waals surface area contributed by atoms with Crippen molar-refractivity contribution in [3.63, 3.8) is 0 Å². The van der Waals surface area contributed by atoms with Gasteiger partial charge < -0.3 is 4.74 Å². The third kappa shape index (κ3) is 4.30. The molecule has 11 heteroatoms. The third-order valence-corrected chi connectivity index (χ3v) is 8.09. The molecule has 2 aliphatic carbocycles. The molecule has 3 fully saturated rings. The van der Waals surface area contributed by atoms with E-state index < -0.39 is 0 Å². The van der Waals surface area contributed by atoms with Crippen LogP contribution in [0.5, 0.6) is 0 Å². The van der Waals surface area contributed by atoms with Crippen LogP contribution in [0.2, 0.25) is 0 Å². The van der Waals surface area contributed by atoms with Gasteiger partial charge in [-0.2, -0.15) is 0 Å². The van der Waals surface area contributed by atoms with E-state index in [4.69, 9.17) is 14.7 Å². The van der Waals surface area contributed by atoms with Crippen LogP contribution in [0.25, 0.3) is 0 Å². The molecule has 0 aromatic rings. The molecule has 0 unspecified atom stereocenters. The van der Waals surface area contributed by atoms with Crippen LogP contribution in [0, 0.1) is 5.92 Å². The van der Waals surface area contributed by atoms with Gasteiger partial charge >= 0.3 is 0 Å². The number of rotatable bonds is 5. The Morgan fingerprint density at radius 1 is 1.09 bits per heavy atom. The van der Waals surface area contributed by atoms with Gasteiger partial charge in [-0.3, -0.25) is 30.5 Å². The van der Waals surface area contributed by atoms with Crippen molar-refractivity contribution in [2.75, 3.05) is 32.8 Å². The maximum atomic E-state index is 14.7. The van der Waals surface area contributed by atoms with Crippen LogP contribution >= 0.6 is 0 Å². The number of fused-ring (bicyclic) bond motifs is 1. The van der Waals surface area contributed by atoms with E-state index in [0.717, 1.165) is 51.2 Å². The summed E-state index contributed by atoms with van der Waals surface area (Å²) < 4.78 is 20.8. The van der Waals surface area contributed by atoms with Gasteiger partial charge in [0.05, 0.1) is 24.6 Å². The lowest BCUT2D eigenvalue weighted by atomic mass is 9.81. The number of aliphatic imine (C=N–C) groups is 1. The molecule has 0 aromatic carbocycles. The maximum absolute atomic E-state index is 14.7. The van der Waals surface area contributed by atoms with Crippen LogP contribution in [0.15, 0.2) is 21.7 Å². The fraction of sp³-hybridized carbons (Fsp3) is 0.818. The standard InChI is InChI=1S/C22H35FN8O2/c1-13-21(29-33-28-13)31-7-5-30(6-8-31)19-11-17(24-12-25-19)20-14-9-18(32-22(2)3-4-22)15(23)10-16(14)26-27-20/h14,16,19-21,25-27,29H,3-12H2,1-2H3/t14-,16+,19+,20+,21+/m0/s1. The maximum Gasteiger partial charge on any atom is 0.139 e. The quantitative estimate of drug-likeness (QED) is 0.471. The molecule has 4 heterocycles. The summed E-state index contributed by atoms with van der Waals surface area (Å²) in [4.78, 5) is 14.8. The summed E-state index contributed by atoms with van der Waals surface area (Å²) in [6.07, 6.45) is 4.25. The number of hydroxylamine groups is 1. The smallest absolute Gasteiger partial charge is 0.139 e. The Hall–Kier alpha value is -1.63. The van der Waals surface area contributed by atoms with Crippen molar-refractivity contribution in [3.05, 3.63) is 11.6 Å². The highest BCUT2D eigenvalue weighted by Crippen LogP contribution is 2.45. The first-order valence-corrected chi connectivity index (χ1v) is 12.3. The fourth-order valence-corrected chi connectivity index (χ4v) is 5.74. The highest BCUT2D eigenvalue weighted by atomic mass is 19.1. The van der Waals surface area contributed by atoms with Gasteiger partial charge in [0.15, 0.2) is 0 Å². The molecule has 4 aliphatic heterocycles. The average molecular weight is 463 g/mol. The van der Waals surface area contributed by atoms with Gasteiger partial charge in [-0.05, 0) is 26.7 Å². The third-order valence-electron chi connectivity index (χ3n) is 8.09. The largest absolute Gasteiger partial charge is 0.489 e. The van der Waals surface area contributed by atoms with E-state index in [0.29, 0.717) is 25.3 Å². The van der Waals surface area contributed by atoms with Crippen LogP contribution in [0.4, 0.5) is 4.39 Å². The Balaban J connectivity index is 1.07. The summed E-state index contributed by atoms with van der Waals surface area (Å²) in [5.74, 6) is 0.731. The van der Waals surface area contributed by atoms with Crippen molar-refractivity contribution in [2.24, 2.45) is 16.1 Å². The first-order valence-electron chi connectivity index (χ1n) is 12.3. The van der Waals surface area contributed by atoms with Crippen LogP contribution < -0.4 is 21.6 Å². The van der Waals surface area contributed by atoms with E-state index in [2.05, 4.69) is 43.5 Å². The van der Waals surface area contributed by atoms with E-state index in [9.17, 15) is 4.39 Å². The zero-order valence-electron chi connectivity index (χ0n) is 19.4. The lowest BCUT2D eigenvalue weighted by Gasteiger charge is -2.42. The molecule has 1 saturated carbocycles. The van der Waals surface area contributed by atoms with Gasteiger partial charge in [-0.25, -0.2) is 9.82 Å². The number of piperazine rings is 1. The lowest BCUT2D eigenvalue weighted by Crippen LogP contribution is -2.61. The van der Waals surface area contributed by atoms with Crippen molar-refractivity contribution >= 4 is 11.4 Å². The number of ether oxygens (including phenoxy) is 1. The summed E-state index contributed by atoms with van der Waals surface area (Å²) in [6, 6.07) is 0.193. The molecule has 4 N–H and O–H groups in total. The molecular weight excluding hydrogens is 427 g/mol. The van der Waals surface area contributed by atoms with Crippen LogP contribution in [0.1, 0.15) is 46.0 Å². The number of nitrogens with one attached hydrogen (secondary N) is 4. The molecule has 10 nitrogen and oxygen atoms in total. The Bertz CT molecular complexity index is 866. The molecule has 6 aliphatic rings.